The van der Waals surface area contributed by atoms with Crippen LogP contribution in [0.3, 0.4) is 0 Å². The number of rotatable bonds is 5. The van der Waals surface area contributed by atoms with E-state index in [0.717, 1.165) is 44.9 Å². The number of aromatic hydroxyl groups is 3. The van der Waals surface area contributed by atoms with Gasteiger partial charge in [-0.1, -0.05) is 30.3 Å². The molecule has 0 bridgehead atoms. The molecule has 0 saturated carbocycles. The first-order valence-corrected chi connectivity index (χ1v) is 11.1. The molecule has 4 aromatic rings. The van der Waals surface area contributed by atoms with E-state index in [4.69, 9.17) is 4.74 Å². The van der Waals surface area contributed by atoms with Crippen LogP contribution in [-0.2, 0) is 0 Å². The number of aryl methyl sites for hydroxylation is 5. The number of para-hydroxylation sites is 2. The zero-order chi connectivity index (χ0) is 24.6. The number of phenolic OH excluding ortho intramolecular Hbond substituents is 3. The fourth-order valence-corrected chi connectivity index (χ4v) is 4.08. The Hall–Kier alpha value is -4.12. The van der Waals surface area contributed by atoms with Crippen LogP contribution < -0.4 is 9.64 Å². The first-order valence-electron chi connectivity index (χ1n) is 11.1. The third-order valence-electron chi connectivity index (χ3n) is 6.01. The monoisotopic (exact) mass is 455 g/mol. The molecule has 0 aliphatic rings. The smallest absolute Gasteiger partial charge is 0.151 e. The predicted molar refractivity (Wildman–Crippen MR) is 136 cm³/mol. The zero-order valence-electron chi connectivity index (χ0n) is 20.0. The van der Waals surface area contributed by atoms with Crippen molar-refractivity contribution in [3.8, 4) is 28.7 Å². The number of hydrogen-bond acceptors (Lipinski definition) is 5. The average Bonchev–Trinajstić information content (AvgIpc) is 2.79. The van der Waals surface area contributed by atoms with Gasteiger partial charge in [-0.3, -0.25) is 0 Å². The second-order valence-electron chi connectivity index (χ2n) is 8.71. The molecule has 0 fully saturated rings. The predicted octanol–water partition coefficient (Wildman–Crippen LogP) is 7.61. The molecule has 0 aliphatic heterocycles. The summed E-state index contributed by atoms with van der Waals surface area (Å²) in [5.41, 5.74) is 6.61. The van der Waals surface area contributed by atoms with Crippen LogP contribution in [0.4, 0.5) is 17.1 Å². The summed E-state index contributed by atoms with van der Waals surface area (Å²) < 4.78 is 6.31. The van der Waals surface area contributed by atoms with Crippen molar-refractivity contribution in [1.82, 2.24) is 0 Å². The minimum absolute atomic E-state index is 0.119. The first kappa shape index (κ1) is 23.1. The normalized spacial score (nSPS) is 10.9. The van der Waals surface area contributed by atoms with Gasteiger partial charge in [0.25, 0.3) is 0 Å². The maximum Gasteiger partial charge on any atom is 0.151 e. The van der Waals surface area contributed by atoms with Gasteiger partial charge in [-0.05, 0) is 80.6 Å². The molecule has 5 heteroatoms. The van der Waals surface area contributed by atoms with Crippen molar-refractivity contribution in [2.75, 3.05) is 4.90 Å². The summed E-state index contributed by atoms with van der Waals surface area (Å²) in [4.78, 5) is 1.98. The highest BCUT2D eigenvalue weighted by molar-refractivity contribution is 5.84. The molecule has 4 rings (SSSR count). The van der Waals surface area contributed by atoms with Crippen molar-refractivity contribution in [3.05, 3.63) is 94.5 Å². The summed E-state index contributed by atoms with van der Waals surface area (Å²) in [7, 11) is 0. The highest BCUT2D eigenvalue weighted by atomic mass is 16.5. The lowest BCUT2D eigenvalue weighted by molar-refractivity contribution is 0.453. The Bertz CT molecular complexity index is 1320. The molecule has 0 heterocycles. The highest BCUT2D eigenvalue weighted by Crippen LogP contribution is 2.46. The molecule has 0 aromatic heterocycles. The molecular formula is C29H29NO4. The Labute approximate surface area is 200 Å². The molecule has 4 aromatic carbocycles. The van der Waals surface area contributed by atoms with Gasteiger partial charge in [0.2, 0.25) is 0 Å². The van der Waals surface area contributed by atoms with Crippen molar-refractivity contribution in [2.24, 2.45) is 0 Å². The minimum Gasteiger partial charge on any atom is -0.508 e. The van der Waals surface area contributed by atoms with E-state index in [9.17, 15) is 15.3 Å². The highest BCUT2D eigenvalue weighted by Gasteiger charge is 2.23. The standard InChI is InChI=1S/C29H29NO4/c1-17-10-11-22(31)14-29(17)34-28-9-7-6-8-23(28)30(24-15-26(32)20(4)12-18(24)2)25-16-27(33)21(5)13-19(25)3/h6-16,31-33H,1-5H3. The molecule has 34 heavy (non-hydrogen) atoms. The first-order chi connectivity index (χ1) is 16.2. The molecule has 0 atom stereocenters. The molecule has 3 N–H and O–H groups in total. The fraction of sp³-hybridized carbons (Fsp3) is 0.172. The van der Waals surface area contributed by atoms with Crippen molar-refractivity contribution >= 4 is 17.1 Å². The van der Waals surface area contributed by atoms with E-state index in [0.29, 0.717) is 11.5 Å². The average molecular weight is 456 g/mol. The van der Waals surface area contributed by atoms with Crippen LogP contribution in [0.1, 0.15) is 27.8 Å². The van der Waals surface area contributed by atoms with E-state index < -0.39 is 0 Å². The number of nitrogens with zero attached hydrogens (tertiary/aromatic N) is 1. The Morgan fingerprint density at radius 1 is 0.529 bits per heavy atom. The zero-order valence-corrected chi connectivity index (χ0v) is 20.0. The van der Waals surface area contributed by atoms with Crippen molar-refractivity contribution in [1.29, 1.82) is 0 Å². The Balaban J connectivity index is 1.97. The van der Waals surface area contributed by atoms with Gasteiger partial charge in [-0.25, -0.2) is 0 Å². The van der Waals surface area contributed by atoms with E-state index in [1.807, 2.05) is 75.9 Å². The SMILES string of the molecule is Cc1cc(C)c(N(c2cc(O)c(C)cc2C)c2ccccc2Oc2cc(O)ccc2C)cc1O. The number of ether oxygens (including phenoxy) is 1. The van der Waals surface area contributed by atoms with Gasteiger partial charge in [0.05, 0.1) is 17.1 Å². The Morgan fingerprint density at radius 3 is 1.68 bits per heavy atom. The minimum atomic E-state index is 0.119. The molecular weight excluding hydrogens is 426 g/mol. The summed E-state index contributed by atoms with van der Waals surface area (Å²) in [5.74, 6) is 1.59. The van der Waals surface area contributed by atoms with Crippen molar-refractivity contribution < 1.29 is 20.1 Å². The van der Waals surface area contributed by atoms with Crippen LogP contribution in [0.25, 0.3) is 0 Å². The lowest BCUT2D eigenvalue weighted by Crippen LogP contribution is -2.14. The summed E-state index contributed by atoms with van der Waals surface area (Å²) in [6.45, 7) is 9.61. The molecule has 0 aliphatic carbocycles. The topological polar surface area (TPSA) is 73.2 Å². The van der Waals surface area contributed by atoms with E-state index in [2.05, 4.69) is 0 Å². The van der Waals surface area contributed by atoms with Gasteiger partial charge in [-0.2, -0.15) is 0 Å². The summed E-state index contributed by atoms with van der Waals surface area (Å²) in [6.07, 6.45) is 0. The second-order valence-corrected chi connectivity index (χ2v) is 8.71. The summed E-state index contributed by atoms with van der Waals surface area (Å²) in [5, 5.41) is 31.1. The molecule has 174 valence electrons. The van der Waals surface area contributed by atoms with Crippen LogP contribution >= 0.6 is 0 Å². The molecule has 0 saturated heterocycles. The van der Waals surface area contributed by atoms with Gasteiger partial charge in [0.15, 0.2) is 5.75 Å². The molecule has 0 spiro atoms. The van der Waals surface area contributed by atoms with Gasteiger partial charge in [0, 0.05) is 18.2 Å². The lowest BCUT2D eigenvalue weighted by atomic mass is 10.0. The van der Waals surface area contributed by atoms with Crippen LogP contribution in [-0.4, -0.2) is 15.3 Å². The number of phenols is 3. The molecule has 0 unspecified atom stereocenters. The second kappa shape index (κ2) is 9.02. The molecule has 0 amide bonds. The van der Waals surface area contributed by atoms with Gasteiger partial charge in [-0.15, -0.1) is 0 Å². The van der Waals surface area contributed by atoms with Crippen LogP contribution in [0.15, 0.2) is 66.7 Å². The van der Waals surface area contributed by atoms with Crippen molar-refractivity contribution in [3.63, 3.8) is 0 Å². The van der Waals surface area contributed by atoms with Gasteiger partial charge < -0.3 is 25.0 Å². The third-order valence-corrected chi connectivity index (χ3v) is 6.01. The lowest BCUT2D eigenvalue weighted by Gasteiger charge is -2.30. The quantitative estimate of drug-likeness (QED) is 0.289. The van der Waals surface area contributed by atoms with E-state index in [-0.39, 0.29) is 17.2 Å². The fourth-order valence-electron chi connectivity index (χ4n) is 4.08. The maximum atomic E-state index is 10.6. The van der Waals surface area contributed by atoms with Crippen LogP contribution in [0.2, 0.25) is 0 Å². The Kier molecular flexibility index (Phi) is 6.12. The Morgan fingerprint density at radius 2 is 1.09 bits per heavy atom. The van der Waals surface area contributed by atoms with Crippen molar-refractivity contribution in [2.45, 2.75) is 34.6 Å². The van der Waals surface area contributed by atoms with E-state index in [1.54, 1.807) is 30.3 Å². The summed E-state index contributed by atoms with van der Waals surface area (Å²) in [6, 6.07) is 19.9. The third kappa shape index (κ3) is 4.37. The maximum absolute atomic E-state index is 10.6. The molecule has 0 radical (unpaired) electrons. The van der Waals surface area contributed by atoms with E-state index in [1.165, 1.54) is 0 Å². The van der Waals surface area contributed by atoms with Crippen LogP contribution in [0, 0.1) is 34.6 Å². The van der Waals surface area contributed by atoms with Gasteiger partial charge in [0.1, 0.15) is 23.0 Å². The summed E-state index contributed by atoms with van der Waals surface area (Å²) >= 11 is 0. The van der Waals surface area contributed by atoms with E-state index >= 15 is 0 Å². The number of hydrogen-bond donors (Lipinski definition) is 3. The number of anilines is 3. The van der Waals surface area contributed by atoms with Gasteiger partial charge >= 0.3 is 0 Å². The van der Waals surface area contributed by atoms with Crippen LogP contribution in [0.5, 0.6) is 28.7 Å². The largest absolute Gasteiger partial charge is 0.508 e. The molecule has 5 nitrogen and oxygen atoms in total. The number of benzene rings is 4.